The van der Waals surface area contributed by atoms with E-state index in [9.17, 15) is 4.79 Å². The van der Waals surface area contributed by atoms with Crippen molar-refractivity contribution in [3.63, 3.8) is 0 Å². The molecule has 0 heterocycles. The molecule has 0 N–H and O–H groups in total. The van der Waals surface area contributed by atoms with E-state index in [-0.39, 0.29) is 12.5 Å². The number of hydrogen-bond acceptors (Lipinski definition) is 2. The lowest BCUT2D eigenvalue weighted by Crippen LogP contribution is -2.27. The Morgan fingerprint density at radius 2 is 2.13 bits per heavy atom. The van der Waals surface area contributed by atoms with Gasteiger partial charge in [0, 0.05) is 17.7 Å². The van der Waals surface area contributed by atoms with Gasteiger partial charge in [-0.3, -0.25) is 4.79 Å². The Morgan fingerprint density at radius 3 is 2.67 bits per heavy atom. The van der Waals surface area contributed by atoms with Crippen LogP contribution in [0, 0.1) is 10.5 Å². The number of hydrogen-bond donors (Lipinski definition) is 0. The fraction of sp³-hybridized carbons (Fsp3) is 0.364. The first-order valence-corrected chi connectivity index (χ1v) is 5.67. The lowest BCUT2D eigenvalue weighted by Gasteiger charge is -2.12. The number of rotatable bonds is 3. The van der Waals surface area contributed by atoms with Gasteiger partial charge < -0.3 is 9.64 Å². The number of ether oxygens (including phenoxy) is 1. The van der Waals surface area contributed by atoms with Crippen LogP contribution in [-0.2, 0) is 4.79 Å². The van der Waals surface area contributed by atoms with Crippen LogP contribution in [-0.4, -0.2) is 31.5 Å². The molecule has 0 bridgehead atoms. The van der Waals surface area contributed by atoms with E-state index in [0.717, 1.165) is 14.9 Å². The van der Waals surface area contributed by atoms with E-state index >= 15 is 0 Å². The number of likely N-dealkylation sites (N-methyl/N-ethyl adjacent to an activating group) is 1. The molecule has 1 amide bonds. The summed E-state index contributed by atoms with van der Waals surface area (Å²) in [7, 11) is 3.43. The van der Waals surface area contributed by atoms with Crippen molar-refractivity contribution in [1.82, 2.24) is 4.90 Å². The molecule has 0 saturated heterocycles. The summed E-state index contributed by atoms with van der Waals surface area (Å²) in [5.74, 6) is 0.735. The summed E-state index contributed by atoms with van der Waals surface area (Å²) in [6, 6.07) is 5.87. The minimum atomic E-state index is -0.0343. The molecule has 15 heavy (non-hydrogen) atoms. The van der Waals surface area contributed by atoms with Crippen LogP contribution in [0.25, 0.3) is 0 Å². The third-order valence-electron chi connectivity index (χ3n) is 1.99. The second-order valence-corrected chi connectivity index (χ2v) is 4.73. The molecule has 0 fully saturated rings. The minimum absolute atomic E-state index is 0.0343. The second kappa shape index (κ2) is 5.34. The van der Waals surface area contributed by atoms with E-state index in [4.69, 9.17) is 4.74 Å². The molecule has 4 heteroatoms. The molecular weight excluding hydrogens is 305 g/mol. The van der Waals surface area contributed by atoms with Crippen molar-refractivity contribution in [2.75, 3.05) is 20.7 Å². The molecule has 0 unspecified atom stereocenters. The highest BCUT2D eigenvalue weighted by Crippen LogP contribution is 2.19. The summed E-state index contributed by atoms with van der Waals surface area (Å²) in [6.45, 7) is 2.06. The Hall–Kier alpha value is -0.780. The van der Waals surface area contributed by atoms with Gasteiger partial charge in [0.1, 0.15) is 5.75 Å². The van der Waals surface area contributed by atoms with Crippen LogP contribution in [0.2, 0.25) is 0 Å². The maximum absolute atomic E-state index is 11.3. The molecule has 0 saturated carbocycles. The fourth-order valence-electron chi connectivity index (χ4n) is 1.04. The van der Waals surface area contributed by atoms with Gasteiger partial charge in [-0.2, -0.15) is 0 Å². The predicted octanol–water partition coefficient (Wildman–Crippen LogP) is 2.07. The topological polar surface area (TPSA) is 29.5 Å². The molecule has 0 aliphatic rings. The van der Waals surface area contributed by atoms with Crippen molar-refractivity contribution in [2.24, 2.45) is 0 Å². The summed E-state index contributed by atoms with van der Waals surface area (Å²) in [5, 5.41) is 0. The molecule has 1 aromatic rings. The van der Waals surface area contributed by atoms with Gasteiger partial charge in [-0.25, -0.2) is 0 Å². The third-order valence-corrected chi connectivity index (χ3v) is 2.66. The first-order valence-electron chi connectivity index (χ1n) is 4.60. The smallest absolute Gasteiger partial charge is 0.259 e. The van der Waals surface area contributed by atoms with Crippen molar-refractivity contribution in [1.29, 1.82) is 0 Å². The van der Waals surface area contributed by atoms with E-state index in [1.165, 1.54) is 4.90 Å². The lowest BCUT2D eigenvalue weighted by molar-refractivity contribution is -0.130. The van der Waals surface area contributed by atoms with E-state index < -0.39 is 0 Å². The van der Waals surface area contributed by atoms with Crippen LogP contribution in [0.4, 0.5) is 0 Å². The molecule has 0 radical (unpaired) electrons. The Kier molecular flexibility index (Phi) is 4.38. The van der Waals surface area contributed by atoms with Crippen LogP contribution in [0.5, 0.6) is 5.75 Å². The Balaban J connectivity index is 2.62. The van der Waals surface area contributed by atoms with Gasteiger partial charge in [0.25, 0.3) is 5.91 Å². The van der Waals surface area contributed by atoms with Crippen LogP contribution < -0.4 is 4.74 Å². The Morgan fingerprint density at radius 1 is 1.47 bits per heavy atom. The number of aryl methyl sites for hydroxylation is 1. The van der Waals surface area contributed by atoms with Gasteiger partial charge in [-0.15, -0.1) is 0 Å². The number of nitrogens with zero attached hydrogens (tertiary/aromatic N) is 1. The van der Waals surface area contributed by atoms with Gasteiger partial charge in [0.05, 0.1) is 0 Å². The van der Waals surface area contributed by atoms with Crippen molar-refractivity contribution >= 4 is 28.5 Å². The first-order chi connectivity index (χ1) is 7.00. The van der Waals surface area contributed by atoms with Crippen molar-refractivity contribution in [2.45, 2.75) is 6.92 Å². The largest absolute Gasteiger partial charge is 0.483 e. The van der Waals surface area contributed by atoms with Gasteiger partial charge in [0.15, 0.2) is 6.61 Å². The number of carbonyl (C=O) groups is 1. The minimum Gasteiger partial charge on any atom is -0.483 e. The zero-order valence-corrected chi connectivity index (χ0v) is 11.2. The summed E-state index contributed by atoms with van der Waals surface area (Å²) in [6.07, 6.45) is 0. The van der Waals surface area contributed by atoms with Crippen LogP contribution in [0.1, 0.15) is 5.56 Å². The highest BCUT2D eigenvalue weighted by Gasteiger charge is 2.06. The molecule has 0 aromatic heterocycles. The van der Waals surface area contributed by atoms with Crippen LogP contribution >= 0.6 is 22.6 Å². The highest BCUT2D eigenvalue weighted by atomic mass is 127. The van der Waals surface area contributed by atoms with E-state index in [0.29, 0.717) is 0 Å². The van der Waals surface area contributed by atoms with E-state index in [1.54, 1.807) is 14.1 Å². The van der Waals surface area contributed by atoms with E-state index in [2.05, 4.69) is 22.6 Å². The summed E-state index contributed by atoms with van der Waals surface area (Å²) < 4.78 is 6.58. The highest BCUT2D eigenvalue weighted by molar-refractivity contribution is 14.1. The zero-order chi connectivity index (χ0) is 11.4. The molecule has 0 aliphatic heterocycles. The summed E-state index contributed by atoms with van der Waals surface area (Å²) >= 11 is 2.24. The zero-order valence-electron chi connectivity index (χ0n) is 9.08. The average Bonchev–Trinajstić information content (AvgIpc) is 2.15. The monoisotopic (exact) mass is 319 g/mol. The van der Waals surface area contributed by atoms with Crippen molar-refractivity contribution < 1.29 is 9.53 Å². The van der Waals surface area contributed by atoms with Crippen molar-refractivity contribution in [3.8, 4) is 5.75 Å². The normalized spacial score (nSPS) is 9.87. The molecule has 1 rings (SSSR count). The molecular formula is C11H14INO2. The Bertz CT molecular complexity index is 364. The molecule has 1 aromatic carbocycles. The molecule has 0 aliphatic carbocycles. The van der Waals surface area contributed by atoms with Gasteiger partial charge in [-0.05, 0) is 53.3 Å². The van der Waals surface area contributed by atoms with Gasteiger partial charge >= 0.3 is 0 Å². The number of amides is 1. The van der Waals surface area contributed by atoms with Crippen LogP contribution in [0.3, 0.4) is 0 Å². The fourth-order valence-corrected chi connectivity index (χ4v) is 1.69. The summed E-state index contributed by atoms with van der Waals surface area (Å²) in [5.41, 5.74) is 1.05. The number of benzene rings is 1. The molecule has 0 atom stereocenters. The first kappa shape index (κ1) is 12.3. The standard InChI is InChI=1S/C11H14INO2/c1-8-6-9(12)4-5-10(8)15-7-11(14)13(2)3/h4-6H,7H2,1-3H3. The van der Waals surface area contributed by atoms with Crippen molar-refractivity contribution in [3.05, 3.63) is 27.3 Å². The maximum Gasteiger partial charge on any atom is 0.259 e. The molecule has 0 spiro atoms. The number of carbonyl (C=O) groups excluding carboxylic acids is 1. The molecule has 82 valence electrons. The number of halogens is 1. The van der Waals surface area contributed by atoms with Gasteiger partial charge in [-0.1, -0.05) is 0 Å². The average molecular weight is 319 g/mol. The Labute approximate surface area is 104 Å². The van der Waals surface area contributed by atoms with Crippen LogP contribution in [0.15, 0.2) is 18.2 Å². The summed E-state index contributed by atoms with van der Waals surface area (Å²) in [4.78, 5) is 12.8. The molecule has 3 nitrogen and oxygen atoms in total. The predicted molar refractivity (Wildman–Crippen MR) is 68.1 cm³/mol. The lowest BCUT2D eigenvalue weighted by atomic mass is 10.2. The SMILES string of the molecule is Cc1cc(I)ccc1OCC(=O)N(C)C. The van der Waals surface area contributed by atoms with E-state index in [1.807, 2.05) is 25.1 Å². The third kappa shape index (κ3) is 3.70. The second-order valence-electron chi connectivity index (χ2n) is 3.49. The quantitative estimate of drug-likeness (QED) is 0.798. The van der Waals surface area contributed by atoms with Gasteiger partial charge in [0.2, 0.25) is 0 Å². The maximum atomic E-state index is 11.3.